The van der Waals surface area contributed by atoms with Crippen molar-refractivity contribution in [1.82, 2.24) is 0 Å². The zero-order valence-corrected chi connectivity index (χ0v) is 14.1. The molecule has 3 nitrogen and oxygen atoms in total. The molecule has 2 atom stereocenters. The van der Waals surface area contributed by atoms with Gasteiger partial charge in [0.1, 0.15) is 5.54 Å². The van der Waals surface area contributed by atoms with E-state index in [1.54, 1.807) is 0 Å². The van der Waals surface area contributed by atoms with Gasteiger partial charge in [-0.05, 0) is 36.8 Å². The van der Waals surface area contributed by atoms with Crippen molar-refractivity contribution in [2.45, 2.75) is 18.5 Å². The number of nitrogens with zero attached hydrogens (tertiary/aromatic N) is 1. The predicted octanol–water partition coefficient (Wildman–Crippen LogP) is 4.65. The van der Waals surface area contributed by atoms with Gasteiger partial charge in [0, 0.05) is 11.4 Å². The van der Waals surface area contributed by atoms with E-state index in [4.69, 9.17) is 0 Å². The smallest absolute Gasteiger partial charge is 0.252 e. The van der Waals surface area contributed by atoms with Gasteiger partial charge in [0.2, 0.25) is 0 Å². The molecule has 0 saturated carbocycles. The number of anilines is 2. The highest BCUT2D eigenvalue weighted by Crippen LogP contribution is 2.56. The van der Waals surface area contributed by atoms with Crippen molar-refractivity contribution in [2.24, 2.45) is 0 Å². The van der Waals surface area contributed by atoms with Crippen LogP contribution in [-0.4, -0.2) is 11.4 Å². The maximum Gasteiger partial charge on any atom is 0.252 e. The van der Waals surface area contributed by atoms with Gasteiger partial charge in [-0.2, -0.15) is 0 Å². The molecule has 124 valence electrons. The fraction of sp³-hybridized carbons (Fsp3) is 0.136. The highest BCUT2D eigenvalue weighted by molar-refractivity contribution is 6.05. The SMILES string of the molecule is C[C@@]1(C(=O)Nc2ccccc2)[C@@H](c2ccccc2)N1c1ccccc1. The minimum atomic E-state index is -0.613. The van der Waals surface area contributed by atoms with Crippen molar-refractivity contribution < 1.29 is 4.79 Å². The van der Waals surface area contributed by atoms with Gasteiger partial charge in [-0.25, -0.2) is 0 Å². The Morgan fingerprint density at radius 1 is 0.840 bits per heavy atom. The topological polar surface area (TPSA) is 32.1 Å². The van der Waals surface area contributed by atoms with Gasteiger partial charge < -0.3 is 10.2 Å². The zero-order chi connectivity index (χ0) is 17.3. The molecule has 0 unspecified atom stereocenters. The molecule has 3 aromatic carbocycles. The molecule has 0 bridgehead atoms. The number of amides is 1. The predicted molar refractivity (Wildman–Crippen MR) is 102 cm³/mol. The molecule has 1 heterocycles. The first-order valence-electron chi connectivity index (χ1n) is 8.47. The molecule has 1 amide bonds. The fourth-order valence-electron chi connectivity index (χ4n) is 3.52. The van der Waals surface area contributed by atoms with Crippen LogP contribution < -0.4 is 10.2 Å². The average molecular weight is 328 g/mol. The van der Waals surface area contributed by atoms with Crippen molar-refractivity contribution >= 4 is 17.3 Å². The van der Waals surface area contributed by atoms with Crippen molar-refractivity contribution in [3.63, 3.8) is 0 Å². The van der Waals surface area contributed by atoms with Gasteiger partial charge in [0.05, 0.1) is 6.04 Å². The minimum absolute atomic E-state index is 0.0106. The summed E-state index contributed by atoms with van der Waals surface area (Å²) in [6, 6.07) is 30.0. The lowest BCUT2D eigenvalue weighted by molar-refractivity contribution is -0.118. The average Bonchev–Trinajstić information content (AvgIpc) is 3.31. The van der Waals surface area contributed by atoms with Crippen molar-refractivity contribution in [3.8, 4) is 0 Å². The lowest BCUT2D eigenvalue weighted by Crippen LogP contribution is -2.32. The van der Waals surface area contributed by atoms with Crippen LogP contribution in [0.5, 0.6) is 0 Å². The third-order valence-electron chi connectivity index (χ3n) is 4.86. The number of benzene rings is 3. The Hall–Kier alpha value is -3.07. The van der Waals surface area contributed by atoms with Gasteiger partial charge >= 0.3 is 0 Å². The molecule has 0 aliphatic carbocycles. The molecular formula is C22H20N2O. The Morgan fingerprint density at radius 3 is 1.96 bits per heavy atom. The maximum atomic E-state index is 13.1. The van der Waals surface area contributed by atoms with Crippen LogP contribution in [0.3, 0.4) is 0 Å². The van der Waals surface area contributed by atoms with Crippen LogP contribution in [0.15, 0.2) is 91.0 Å². The van der Waals surface area contributed by atoms with Gasteiger partial charge in [-0.15, -0.1) is 0 Å². The molecule has 1 fully saturated rings. The van der Waals surface area contributed by atoms with Crippen LogP contribution in [0, 0.1) is 0 Å². The van der Waals surface area contributed by atoms with E-state index in [-0.39, 0.29) is 11.9 Å². The first kappa shape index (κ1) is 15.5. The first-order valence-corrected chi connectivity index (χ1v) is 8.47. The van der Waals surface area contributed by atoms with Gasteiger partial charge in [0.15, 0.2) is 0 Å². The summed E-state index contributed by atoms with van der Waals surface area (Å²) in [5, 5.41) is 3.06. The molecule has 0 aromatic heterocycles. The van der Waals surface area contributed by atoms with Crippen LogP contribution >= 0.6 is 0 Å². The van der Waals surface area contributed by atoms with Crippen LogP contribution in [0.2, 0.25) is 0 Å². The summed E-state index contributed by atoms with van der Waals surface area (Å²) in [6.45, 7) is 2.01. The molecule has 4 rings (SSSR count). The summed E-state index contributed by atoms with van der Waals surface area (Å²) >= 11 is 0. The number of carbonyl (C=O) groups excluding carboxylic acids is 1. The Morgan fingerprint density at radius 2 is 1.36 bits per heavy atom. The van der Waals surface area contributed by atoms with Crippen molar-refractivity contribution in [1.29, 1.82) is 0 Å². The van der Waals surface area contributed by atoms with E-state index in [1.165, 1.54) is 0 Å². The Bertz CT molecular complexity index is 817. The van der Waals surface area contributed by atoms with Crippen LogP contribution in [-0.2, 0) is 4.79 Å². The highest BCUT2D eigenvalue weighted by atomic mass is 16.2. The molecule has 3 aromatic rings. The van der Waals surface area contributed by atoms with Crippen LogP contribution in [0.25, 0.3) is 0 Å². The molecule has 0 spiro atoms. The third kappa shape index (κ3) is 2.68. The lowest BCUT2D eigenvalue weighted by atomic mass is 10.0. The molecule has 1 N–H and O–H groups in total. The standard InChI is InChI=1S/C22H20N2O/c1-22(21(25)23-18-13-7-3-8-14-18)20(17-11-5-2-6-12-17)24(22)19-15-9-4-10-16-19/h2-16,20H,1H3,(H,23,25)/t20-,22+,24?/m1/s1. The summed E-state index contributed by atoms with van der Waals surface area (Å²) in [7, 11) is 0. The second-order valence-electron chi connectivity index (χ2n) is 6.49. The molecule has 0 radical (unpaired) electrons. The van der Waals surface area contributed by atoms with Crippen LogP contribution in [0.1, 0.15) is 18.5 Å². The largest absolute Gasteiger partial charge is 0.345 e. The summed E-state index contributed by atoms with van der Waals surface area (Å²) < 4.78 is 0. The van der Waals surface area contributed by atoms with E-state index in [2.05, 4.69) is 34.5 Å². The first-order chi connectivity index (χ1) is 12.2. The normalized spacial score (nSPS) is 21.6. The number of rotatable bonds is 4. The van der Waals surface area contributed by atoms with Gasteiger partial charge in [0.25, 0.3) is 5.91 Å². The quantitative estimate of drug-likeness (QED) is 0.707. The Labute approximate surface area is 147 Å². The molecule has 1 saturated heterocycles. The summed E-state index contributed by atoms with van der Waals surface area (Å²) in [5.74, 6) is 0.0106. The summed E-state index contributed by atoms with van der Waals surface area (Å²) in [4.78, 5) is 15.3. The molecule has 3 heteroatoms. The van der Waals surface area contributed by atoms with Gasteiger partial charge in [-0.3, -0.25) is 4.79 Å². The van der Waals surface area contributed by atoms with E-state index in [1.807, 2.05) is 73.7 Å². The fourth-order valence-corrected chi connectivity index (χ4v) is 3.52. The monoisotopic (exact) mass is 328 g/mol. The second kappa shape index (κ2) is 6.10. The Balaban J connectivity index is 1.68. The number of hydrogen-bond acceptors (Lipinski definition) is 2. The highest BCUT2D eigenvalue weighted by Gasteiger charge is 2.65. The van der Waals surface area contributed by atoms with Crippen molar-refractivity contribution in [3.05, 3.63) is 96.6 Å². The van der Waals surface area contributed by atoms with Crippen LogP contribution in [0.4, 0.5) is 11.4 Å². The van der Waals surface area contributed by atoms with E-state index in [0.717, 1.165) is 16.9 Å². The molecular weight excluding hydrogens is 308 g/mol. The minimum Gasteiger partial charge on any atom is -0.345 e. The second-order valence-corrected chi connectivity index (χ2v) is 6.49. The molecule has 25 heavy (non-hydrogen) atoms. The van der Waals surface area contributed by atoms with Gasteiger partial charge in [-0.1, -0.05) is 66.7 Å². The van der Waals surface area contributed by atoms with Crippen molar-refractivity contribution in [2.75, 3.05) is 10.2 Å². The summed E-state index contributed by atoms with van der Waals surface area (Å²) in [5.41, 5.74) is 2.41. The number of para-hydroxylation sites is 2. The zero-order valence-electron chi connectivity index (χ0n) is 14.1. The van der Waals surface area contributed by atoms with E-state index in [9.17, 15) is 4.79 Å². The maximum absolute atomic E-state index is 13.1. The van der Waals surface area contributed by atoms with E-state index >= 15 is 0 Å². The van der Waals surface area contributed by atoms with E-state index < -0.39 is 5.54 Å². The number of carbonyl (C=O) groups is 1. The Kier molecular flexibility index (Phi) is 3.77. The van der Waals surface area contributed by atoms with E-state index in [0.29, 0.717) is 0 Å². The number of nitrogens with one attached hydrogen (secondary N) is 1. The third-order valence-corrected chi connectivity index (χ3v) is 4.86. The number of hydrogen-bond donors (Lipinski definition) is 1. The summed E-state index contributed by atoms with van der Waals surface area (Å²) in [6.07, 6.45) is 0. The molecule has 1 aliphatic rings. The lowest BCUT2D eigenvalue weighted by Gasteiger charge is -2.13. The molecule has 1 aliphatic heterocycles.